The first kappa shape index (κ1) is 23.8. The average molecular weight is 503 g/mol. The van der Waals surface area contributed by atoms with E-state index in [4.69, 9.17) is 9.47 Å². The Morgan fingerprint density at radius 1 is 1.15 bits per heavy atom. The lowest BCUT2D eigenvalue weighted by molar-refractivity contribution is -0.112. The summed E-state index contributed by atoms with van der Waals surface area (Å²) in [5.41, 5.74) is 3.08. The fraction of sp³-hybridized carbons (Fsp3) is 0.111. The van der Waals surface area contributed by atoms with Crippen LogP contribution in [0.3, 0.4) is 0 Å². The fourth-order valence-corrected chi connectivity index (χ4v) is 3.60. The second kappa shape index (κ2) is 11.7. The monoisotopic (exact) mass is 502 g/mol. The molecule has 0 aliphatic rings. The number of carbonyl (C=O) groups excluding carboxylic acids is 1. The molecule has 5 nitrogen and oxygen atoms in total. The summed E-state index contributed by atoms with van der Waals surface area (Å²) < 4.78 is 12.5. The van der Waals surface area contributed by atoms with Gasteiger partial charge in [0.15, 0.2) is 11.5 Å². The van der Waals surface area contributed by atoms with Crippen LogP contribution in [0.5, 0.6) is 11.5 Å². The first-order valence-electron chi connectivity index (χ1n) is 10.2. The van der Waals surface area contributed by atoms with E-state index < -0.39 is 5.91 Å². The number of methoxy groups -OCH3 is 1. The molecule has 33 heavy (non-hydrogen) atoms. The van der Waals surface area contributed by atoms with Crippen molar-refractivity contribution < 1.29 is 14.3 Å². The topological polar surface area (TPSA) is 71.4 Å². The van der Waals surface area contributed by atoms with Crippen LogP contribution in [0.4, 0.5) is 5.69 Å². The van der Waals surface area contributed by atoms with Gasteiger partial charge in [0.25, 0.3) is 5.91 Å². The number of halogens is 1. The summed E-state index contributed by atoms with van der Waals surface area (Å²) in [6, 6.07) is 22.6. The van der Waals surface area contributed by atoms with Gasteiger partial charge in [0.05, 0.1) is 7.11 Å². The summed E-state index contributed by atoms with van der Waals surface area (Å²) in [4.78, 5) is 12.7. The number of nitriles is 1. The molecule has 0 atom stereocenters. The Labute approximate surface area is 202 Å². The van der Waals surface area contributed by atoms with Gasteiger partial charge in [-0.3, -0.25) is 4.79 Å². The Morgan fingerprint density at radius 2 is 1.94 bits per heavy atom. The highest BCUT2D eigenvalue weighted by molar-refractivity contribution is 9.10. The zero-order valence-electron chi connectivity index (χ0n) is 18.2. The highest BCUT2D eigenvalue weighted by Gasteiger charge is 2.15. The first-order valence-corrected chi connectivity index (χ1v) is 11.0. The van der Waals surface area contributed by atoms with Crippen LogP contribution in [-0.4, -0.2) is 13.0 Å². The van der Waals surface area contributed by atoms with Crippen LogP contribution < -0.4 is 14.8 Å². The SMILES string of the molecule is C=CCc1cc(/C=C(/C#N)C(=O)Nc2cccc(Br)c2)cc(OC)c1OCc1ccccc1. The molecule has 0 unspecified atom stereocenters. The van der Waals surface area contributed by atoms with Crippen LogP contribution in [0.2, 0.25) is 0 Å². The number of carbonyl (C=O) groups is 1. The minimum absolute atomic E-state index is 0.0282. The Hall–Kier alpha value is -3.82. The number of ether oxygens (including phenoxy) is 2. The molecule has 0 fully saturated rings. The van der Waals surface area contributed by atoms with Crippen molar-refractivity contribution in [1.82, 2.24) is 0 Å². The summed E-state index contributed by atoms with van der Waals surface area (Å²) in [5.74, 6) is 0.626. The maximum absolute atomic E-state index is 12.7. The smallest absolute Gasteiger partial charge is 0.266 e. The van der Waals surface area contributed by atoms with E-state index in [9.17, 15) is 10.1 Å². The van der Waals surface area contributed by atoms with Gasteiger partial charge in [-0.2, -0.15) is 5.26 Å². The van der Waals surface area contributed by atoms with E-state index in [2.05, 4.69) is 27.8 Å². The third kappa shape index (κ3) is 6.58. The molecule has 166 valence electrons. The Kier molecular flexibility index (Phi) is 8.45. The lowest BCUT2D eigenvalue weighted by Crippen LogP contribution is -2.13. The van der Waals surface area contributed by atoms with E-state index in [-0.39, 0.29) is 5.57 Å². The molecule has 3 rings (SSSR count). The maximum atomic E-state index is 12.7. The van der Waals surface area contributed by atoms with Gasteiger partial charge >= 0.3 is 0 Å². The minimum atomic E-state index is -0.496. The van der Waals surface area contributed by atoms with Crippen LogP contribution >= 0.6 is 15.9 Å². The number of hydrogen-bond donors (Lipinski definition) is 1. The normalized spacial score (nSPS) is 10.8. The standard InChI is InChI=1S/C27H23BrN2O3/c1-3-8-21-13-20(14-22(17-29)27(31)30-24-12-7-11-23(28)16-24)15-25(32-2)26(21)33-18-19-9-5-4-6-10-19/h3-7,9-16H,1,8,18H2,2H3,(H,30,31)/b22-14-. The van der Waals surface area contributed by atoms with Crippen molar-refractivity contribution in [1.29, 1.82) is 5.26 Å². The number of allylic oxidation sites excluding steroid dienone is 1. The predicted octanol–water partition coefficient (Wildman–Crippen LogP) is 6.31. The van der Waals surface area contributed by atoms with E-state index in [0.717, 1.165) is 15.6 Å². The van der Waals surface area contributed by atoms with Crippen LogP contribution in [0.1, 0.15) is 16.7 Å². The van der Waals surface area contributed by atoms with Crippen molar-refractivity contribution in [3.05, 3.63) is 106 Å². The van der Waals surface area contributed by atoms with Crippen molar-refractivity contribution >= 4 is 33.6 Å². The molecule has 0 aliphatic heterocycles. The quantitative estimate of drug-likeness (QED) is 0.211. The number of rotatable bonds is 9. The number of nitrogens with zero attached hydrogens (tertiary/aromatic N) is 1. The number of benzene rings is 3. The molecule has 0 aromatic heterocycles. The third-order valence-corrected chi connectivity index (χ3v) is 5.22. The summed E-state index contributed by atoms with van der Waals surface area (Å²) in [7, 11) is 1.56. The van der Waals surface area contributed by atoms with E-state index in [1.807, 2.05) is 48.5 Å². The van der Waals surface area contributed by atoms with E-state index in [1.54, 1.807) is 37.5 Å². The zero-order chi connectivity index (χ0) is 23.6. The van der Waals surface area contributed by atoms with Gasteiger partial charge in [0.1, 0.15) is 18.2 Å². The fourth-order valence-electron chi connectivity index (χ4n) is 3.20. The lowest BCUT2D eigenvalue weighted by Gasteiger charge is -2.16. The highest BCUT2D eigenvalue weighted by Crippen LogP contribution is 2.35. The molecule has 0 spiro atoms. The van der Waals surface area contributed by atoms with Crippen molar-refractivity contribution in [3.8, 4) is 17.6 Å². The molecule has 0 heterocycles. The van der Waals surface area contributed by atoms with Crippen LogP contribution in [0.25, 0.3) is 6.08 Å². The molecule has 3 aromatic carbocycles. The number of hydrogen-bond acceptors (Lipinski definition) is 4. The van der Waals surface area contributed by atoms with Gasteiger partial charge in [-0.15, -0.1) is 6.58 Å². The summed E-state index contributed by atoms with van der Waals surface area (Å²) in [5, 5.41) is 12.3. The van der Waals surface area contributed by atoms with Crippen molar-refractivity contribution in [3.63, 3.8) is 0 Å². The largest absolute Gasteiger partial charge is 0.493 e. The lowest BCUT2D eigenvalue weighted by atomic mass is 10.0. The van der Waals surface area contributed by atoms with Gasteiger partial charge in [0, 0.05) is 15.7 Å². The maximum Gasteiger partial charge on any atom is 0.266 e. The van der Waals surface area contributed by atoms with Crippen LogP contribution in [0, 0.1) is 11.3 Å². The van der Waals surface area contributed by atoms with Crippen molar-refractivity contribution in [2.75, 3.05) is 12.4 Å². The van der Waals surface area contributed by atoms with E-state index in [1.165, 1.54) is 6.08 Å². The Morgan fingerprint density at radius 3 is 2.61 bits per heavy atom. The molecule has 3 aromatic rings. The van der Waals surface area contributed by atoms with Gasteiger partial charge in [-0.1, -0.05) is 58.4 Å². The van der Waals surface area contributed by atoms with Gasteiger partial charge in [-0.25, -0.2) is 0 Å². The third-order valence-electron chi connectivity index (χ3n) is 4.72. The molecule has 0 radical (unpaired) electrons. The first-order chi connectivity index (χ1) is 16.0. The molecule has 0 aliphatic carbocycles. The van der Waals surface area contributed by atoms with Crippen molar-refractivity contribution in [2.45, 2.75) is 13.0 Å². The summed E-state index contributed by atoms with van der Waals surface area (Å²) >= 11 is 3.37. The Bertz CT molecular complexity index is 1210. The molecular formula is C27H23BrN2O3. The van der Waals surface area contributed by atoms with Gasteiger partial charge in [0.2, 0.25) is 0 Å². The van der Waals surface area contributed by atoms with Crippen molar-refractivity contribution in [2.24, 2.45) is 0 Å². The summed E-state index contributed by atoms with van der Waals surface area (Å²) in [6.07, 6.45) is 3.83. The minimum Gasteiger partial charge on any atom is -0.493 e. The number of amides is 1. The molecule has 0 saturated heterocycles. The molecular weight excluding hydrogens is 480 g/mol. The number of nitrogens with one attached hydrogen (secondary N) is 1. The molecule has 6 heteroatoms. The predicted molar refractivity (Wildman–Crippen MR) is 134 cm³/mol. The average Bonchev–Trinajstić information content (AvgIpc) is 2.82. The second-order valence-corrected chi connectivity index (χ2v) is 8.03. The van der Waals surface area contributed by atoms with E-state index in [0.29, 0.717) is 35.8 Å². The summed E-state index contributed by atoms with van der Waals surface area (Å²) in [6.45, 7) is 4.21. The molecule has 0 bridgehead atoms. The van der Waals surface area contributed by atoms with Gasteiger partial charge in [-0.05, 0) is 54.0 Å². The van der Waals surface area contributed by atoms with Crippen LogP contribution in [-0.2, 0) is 17.8 Å². The molecule has 1 N–H and O–H groups in total. The Balaban J connectivity index is 1.90. The zero-order valence-corrected chi connectivity index (χ0v) is 19.8. The molecule has 0 saturated carbocycles. The number of anilines is 1. The van der Waals surface area contributed by atoms with Crippen LogP contribution in [0.15, 0.2) is 89.4 Å². The van der Waals surface area contributed by atoms with Gasteiger partial charge < -0.3 is 14.8 Å². The second-order valence-electron chi connectivity index (χ2n) is 7.11. The molecule has 1 amide bonds. The van der Waals surface area contributed by atoms with E-state index >= 15 is 0 Å². The highest BCUT2D eigenvalue weighted by atomic mass is 79.9.